The fraction of sp³-hybridized carbons (Fsp3) is 0.222. The number of rotatable bonds is 7. The molecule has 4 nitrogen and oxygen atoms in total. The van der Waals surface area contributed by atoms with Gasteiger partial charge in [-0.2, -0.15) is 0 Å². The average Bonchev–Trinajstić information content (AvgIpc) is 2.55. The Labute approximate surface area is 149 Å². The molecule has 0 aliphatic heterocycles. The number of hydrogen-bond acceptors (Lipinski definition) is 4. The van der Waals surface area contributed by atoms with Crippen molar-refractivity contribution < 1.29 is 19.8 Å². The number of carbonyl (C=O) groups excluding carboxylic acids is 2. The number of hydrogen-bond donors (Lipinski definition) is 2. The van der Waals surface area contributed by atoms with Crippen molar-refractivity contribution in [3.63, 3.8) is 0 Å². The normalized spacial score (nSPS) is 10.6. The fourth-order valence-corrected chi connectivity index (χ4v) is 2.65. The Bertz CT molecular complexity index is 706. The number of phenolic OH excluding ortho intramolecular Hbond substituents is 2. The highest BCUT2D eigenvalue weighted by Gasteiger charge is 2.14. The van der Waals surface area contributed by atoms with Gasteiger partial charge in [0.05, 0.1) is 11.1 Å². The van der Waals surface area contributed by atoms with Gasteiger partial charge in [-0.15, -0.1) is 0 Å². The maximum atomic E-state index is 12.1. The number of carbonyl (C=O) groups is 2. The monoisotopic (exact) mass is 366 g/mol. The summed E-state index contributed by atoms with van der Waals surface area (Å²) in [5.74, 6) is -0.672. The first-order chi connectivity index (χ1) is 11.4. The molecule has 0 amide bonds. The Morgan fingerprint density at radius 3 is 1.50 bits per heavy atom. The highest BCUT2D eigenvalue weighted by molar-refractivity contribution is 6.31. The third-order valence-electron chi connectivity index (χ3n) is 3.58. The Morgan fingerprint density at radius 1 is 0.750 bits per heavy atom. The summed E-state index contributed by atoms with van der Waals surface area (Å²) in [6.45, 7) is 0. The van der Waals surface area contributed by atoms with Gasteiger partial charge in [-0.1, -0.05) is 23.2 Å². The van der Waals surface area contributed by atoms with Gasteiger partial charge in [-0.05, 0) is 49.2 Å². The van der Waals surface area contributed by atoms with E-state index in [1.165, 1.54) is 36.4 Å². The summed E-state index contributed by atoms with van der Waals surface area (Å²) in [6.07, 6.45) is 1.36. The largest absolute Gasteiger partial charge is 0.507 e. The zero-order valence-electron chi connectivity index (χ0n) is 12.8. The molecule has 2 aromatic carbocycles. The molecule has 2 N–H and O–H groups in total. The lowest BCUT2D eigenvalue weighted by Crippen LogP contribution is -2.02. The van der Waals surface area contributed by atoms with E-state index in [-0.39, 0.29) is 47.0 Å². The highest BCUT2D eigenvalue weighted by Crippen LogP contribution is 2.25. The van der Waals surface area contributed by atoms with Crippen molar-refractivity contribution in [1.29, 1.82) is 0 Å². The number of halogens is 2. The highest BCUT2D eigenvalue weighted by atomic mass is 35.5. The van der Waals surface area contributed by atoms with E-state index in [4.69, 9.17) is 23.2 Å². The van der Waals surface area contributed by atoms with Gasteiger partial charge in [-0.3, -0.25) is 9.59 Å². The van der Waals surface area contributed by atoms with Gasteiger partial charge in [0.1, 0.15) is 11.5 Å². The van der Waals surface area contributed by atoms with E-state index in [2.05, 4.69) is 0 Å². The smallest absolute Gasteiger partial charge is 0.166 e. The number of ketones is 2. The van der Waals surface area contributed by atoms with E-state index in [9.17, 15) is 19.8 Å². The maximum Gasteiger partial charge on any atom is 0.166 e. The predicted octanol–water partition coefficient (Wildman–Crippen LogP) is 5.03. The molecule has 0 unspecified atom stereocenters. The quantitative estimate of drug-likeness (QED) is 0.532. The molecule has 0 aromatic heterocycles. The summed E-state index contributed by atoms with van der Waals surface area (Å²) in [6, 6.07) is 8.61. The van der Waals surface area contributed by atoms with Gasteiger partial charge in [0, 0.05) is 22.9 Å². The summed E-state index contributed by atoms with van der Waals surface area (Å²) in [7, 11) is 0. The third kappa shape index (κ3) is 4.73. The second kappa shape index (κ2) is 8.18. The molecule has 0 saturated heterocycles. The molecular formula is C18H16Cl2O4. The van der Waals surface area contributed by atoms with Crippen LogP contribution in [0.3, 0.4) is 0 Å². The first-order valence-corrected chi connectivity index (χ1v) is 8.17. The minimum absolute atomic E-state index is 0.107. The van der Waals surface area contributed by atoms with Crippen LogP contribution in [-0.4, -0.2) is 21.8 Å². The van der Waals surface area contributed by atoms with Crippen molar-refractivity contribution in [1.82, 2.24) is 0 Å². The molecule has 2 rings (SSSR count). The van der Waals surface area contributed by atoms with Crippen molar-refractivity contribution in [2.45, 2.75) is 25.7 Å². The number of phenols is 2. The summed E-state index contributed by atoms with van der Waals surface area (Å²) in [4.78, 5) is 24.1. The van der Waals surface area contributed by atoms with Crippen LogP contribution in [0.25, 0.3) is 0 Å². The molecule has 6 heteroatoms. The number of Topliss-reactive ketones (excluding diaryl/α,β-unsaturated/α-hetero) is 2. The molecule has 0 heterocycles. The second-order valence-electron chi connectivity index (χ2n) is 5.38. The second-order valence-corrected chi connectivity index (χ2v) is 6.25. The molecule has 0 aliphatic rings. The van der Waals surface area contributed by atoms with Crippen LogP contribution in [0, 0.1) is 0 Å². The minimum Gasteiger partial charge on any atom is -0.507 e. The Balaban J connectivity index is 1.86. The lowest BCUT2D eigenvalue weighted by atomic mass is 10.0. The summed E-state index contributed by atoms with van der Waals surface area (Å²) < 4.78 is 0. The topological polar surface area (TPSA) is 74.6 Å². The van der Waals surface area contributed by atoms with Crippen molar-refractivity contribution in [3.8, 4) is 11.5 Å². The van der Waals surface area contributed by atoms with E-state index in [0.29, 0.717) is 22.9 Å². The SMILES string of the molecule is O=C(CCCCC(=O)c1cc(Cl)ccc1O)c1cc(Cl)ccc1O. The summed E-state index contributed by atoms with van der Waals surface area (Å²) in [5, 5.41) is 20.1. The molecular weight excluding hydrogens is 351 g/mol. The molecule has 2 aromatic rings. The van der Waals surface area contributed by atoms with Gasteiger partial charge in [-0.25, -0.2) is 0 Å². The summed E-state index contributed by atoms with van der Waals surface area (Å²) in [5.41, 5.74) is 0.364. The number of unbranched alkanes of at least 4 members (excludes halogenated alkanes) is 1. The maximum absolute atomic E-state index is 12.1. The van der Waals surface area contributed by atoms with Gasteiger partial charge in [0.2, 0.25) is 0 Å². The van der Waals surface area contributed by atoms with Crippen LogP contribution >= 0.6 is 23.2 Å². The average molecular weight is 367 g/mol. The lowest BCUT2D eigenvalue weighted by Gasteiger charge is -2.06. The van der Waals surface area contributed by atoms with Crippen LogP contribution < -0.4 is 0 Å². The van der Waals surface area contributed by atoms with Crippen molar-refractivity contribution in [2.24, 2.45) is 0 Å². The standard InChI is InChI=1S/C18H16Cl2O4/c19-11-5-7-17(23)13(9-11)15(21)3-1-2-4-16(22)14-10-12(20)6-8-18(14)24/h5-10,23-24H,1-4H2. The minimum atomic E-state index is -0.229. The van der Waals surface area contributed by atoms with Crippen LogP contribution in [-0.2, 0) is 0 Å². The van der Waals surface area contributed by atoms with Crippen LogP contribution in [0.15, 0.2) is 36.4 Å². The first kappa shape index (κ1) is 18.3. The van der Waals surface area contributed by atoms with Crippen molar-refractivity contribution in [3.05, 3.63) is 57.6 Å². The molecule has 0 aliphatic carbocycles. The van der Waals surface area contributed by atoms with Gasteiger partial charge >= 0.3 is 0 Å². The molecule has 0 fully saturated rings. The number of benzene rings is 2. The molecule has 24 heavy (non-hydrogen) atoms. The molecule has 0 spiro atoms. The number of aromatic hydroxyl groups is 2. The molecule has 0 radical (unpaired) electrons. The van der Waals surface area contributed by atoms with Gasteiger partial charge < -0.3 is 10.2 Å². The van der Waals surface area contributed by atoms with Crippen molar-refractivity contribution >= 4 is 34.8 Å². The Hall–Kier alpha value is -2.04. The zero-order valence-corrected chi connectivity index (χ0v) is 14.3. The van der Waals surface area contributed by atoms with Crippen LogP contribution in [0.5, 0.6) is 11.5 Å². The van der Waals surface area contributed by atoms with E-state index in [1.807, 2.05) is 0 Å². The van der Waals surface area contributed by atoms with Gasteiger partial charge in [0.25, 0.3) is 0 Å². The first-order valence-electron chi connectivity index (χ1n) is 7.42. The zero-order chi connectivity index (χ0) is 17.7. The van der Waals surface area contributed by atoms with Gasteiger partial charge in [0.15, 0.2) is 11.6 Å². The van der Waals surface area contributed by atoms with Crippen LogP contribution in [0.4, 0.5) is 0 Å². The molecule has 0 saturated carbocycles. The molecule has 126 valence electrons. The lowest BCUT2D eigenvalue weighted by molar-refractivity contribution is 0.0951. The van der Waals surface area contributed by atoms with E-state index >= 15 is 0 Å². The van der Waals surface area contributed by atoms with Crippen LogP contribution in [0.2, 0.25) is 10.0 Å². The fourth-order valence-electron chi connectivity index (χ4n) is 2.30. The predicted molar refractivity (Wildman–Crippen MR) is 93.4 cm³/mol. The molecule has 0 atom stereocenters. The third-order valence-corrected chi connectivity index (χ3v) is 4.05. The molecule has 0 bridgehead atoms. The van der Waals surface area contributed by atoms with E-state index in [1.54, 1.807) is 0 Å². The van der Waals surface area contributed by atoms with E-state index in [0.717, 1.165) is 0 Å². The van der Waals surface area contributed by atoms with Crippen LogP contribution in [0.1, 0.15) is 46.4 Å². The Morgan fingerprint density at radius 2 is 1.12 bits per heavy atom. The van der Waals surface area contributed by atoms with Crippen molar-refractivity contribution in [2.75, 3.05) is 0 Å². The Kier molecular flexibility index (Phi) is 6.23. The summed E-state index contributed by atoms with van der Waals surface area (Å²) >= 11 is 11.6. The van der Waals surface area contributed by atoms with E-state index < -0.39 is 0 Å².